The number of rotatable bonds is 6. The Kier molecular flexibility index (Phi) is 7.45. The van der Waals surface area contributed by atoms with Crippen molar-refractivity contribution in [2.45, 2.75) is 25.9 Å². The van der Waals surface area contributed by atoms with Crippen LogP contribution in [0.25, 0.3) is 0 Å². The van der Waals surface area contributed by atoms with E-state index < -0.39 is 0 Å². The highest BCUT2D eigenvalue weighted by atomic mass is 79.9. The van der Waals surface area contributed by atoms with Crippen LogP contribution in [-0.4, -0.2) is 37.7 Å². The third-order valence-electron chi connectivity index (χ3n) is 4.22. The summed E-state index contributed by atoms with van der Waals surface area (Å²) in [4.78, 5) is 17.2. The van der Waals surface area contributed by atoms with Crippen LogP contribution < -0.4 is 15.4 Å². The Morgan fingerprint density at radius 1 is 1.29 bits per heavy atom. The summed E-state index contributed by atoms with van der Waals surface area (Å²) >= 11 is 3.45. The van der Waals surface area contributed by atoms with Gasteiger partial charge < -0.3 is 14.8 Å². The Morgan fingerprint density at radius 2 is 2.11 bits per heavy atom. The first-order valence-electron chi connectivity index (χ1n) is 9.37. The van der Waals surface area contributed by atoms with E-state index in [1.54, 1.807) is 24.3 Å². The average Bonchev–Trinajstić information content (AvgIpc) is 3.20. The number of nitrogens with one attached hydrogen (secondary N) is 2. The van der Waals surface area contributed by atoms with Gasteiger partial charge in [-0.25, -0.2) is 4.99 Å². The monoisotopic (exact) mass is 445 g/mol. The van der Waals surface area contributed by atoms with E-state index in [1.165, 1.54) is 0 Å². The Hall–Kier alpha value is -2.38. The standard InChI is InChI=1S/C21H24BrN3O3/c1-2-27-18-10-8-15(9-11-18)20(26)25-21(23-14-19-7-4-12-28-19)24-17-6-3-5-16(22)13-17/h3,5-6,8-11,13,19H,2,4,7,12,14H2,1H3,(H2,23,24,25,26)/t19-/m0/s1. The van der Waals surface area contributed by atoms with E-state index in [9.17, 15) is 4.79 Å². The molecule has 1 heterocycles. The number of amides is 1. The van der Waals surface area contributed by atoms with Crippen molar-refractivity contribution in [3.8, 4) is 5.75 Å². The molecule has 1 aliphatic heterocycles. The van der Waals surface area contributed by atoms with E-state index in [-0.39, 0.29) is 12.0 Å². The molecule has 1 atom stereocenters. The lowest BCUT2D eigenvalue weighted by Crippen LogP contribution is -2.36. The molecule has 1 aliphatic rings. The molecule has 148 valence electrons. The van der Waals surface area contributed by atoms with E-state index in [1.807, 2.05) is 31.2 Å². The predicted molar refractivity (Wildman–Crippen MR) is 114 cm³/mol. The molecule has 0 aromatic heterocycles. The number of halogens is 1. The number of carbonyl (C=O) groups is 1. The third-order valence-corrected chi connectivity index (χ3v) is 4.72. The molecule has 0 spiro atoms. The normalized spacial score (nSPS) is 16.6. The summed E-state index contributed by atoms with van der Waals surface area (Å²) in [7, 11) is 0. The summed E-state index contributed by atoms with van der Waals surface area (Å²) in [6, 6.07) is 14.7. The molecule has 1 saturated heterocycles. The van der Waals surface area contributed by atoms with Gasteiger partial charge in [-0.1, -0.05) is 22.0 Å². The van der Waals surface area contributed by atoms with Crippen molar-refractivity contribution < 1.29 is 14.3 Å². The Bertz CT molecular complexity index is 818. The van der Waals surface area contributed by atoms with Gasteiger partial charge in [0.25, 0.3) is 5.91 Å². The van der Waals surface area contributed by atoms with Gasteiger partial charge in [0.2, 0.25) is 5.96 Å². The molecule has 0 bridgehead atoms. The summed E-state index contributed by atoms with van der Waals surface area (Å²) in [5, 5.41) is 6.05. The van der Waals surface area contributed by atoms with Crippen molar-refractivity contribution in [2.75, 3.05) is 25.1 Å². The van der Waals surface area contributed by atoms with Gasteiger partial charge in [0.05, 0.1) is 19.3 Å². The van der Waals surface area contributed by atoms with Crippen LogP contribution in [0.3, 0.4) is 0 Å². The van der Waals surface area contributed by atoms with Crippen molar-refractivity contribution in [1.29, 1.82) is 0 Å². The molecule has 0 unspecified atom stereocenters. The number of aliphatic imine (C=N–C) groups is 1. The number of anilines is 1. The van der Waals surface area contributed by atoms with Crippen LogP contribution >= 0.6 is 15.9 Å². The number of guanidine groups is 1. The van der Waals surface area contributed by atoms with Crippen LogP contribution in [0.1, 0.15) is 30.1 Å². The van der Waals surface area contributed by atoms with E-state index >= 15 is 0 Å². The molecule has 2 aromatic carbocycles. The summed E-state index contributed by atoms with van der Waals surface area (Å²) in [6.07, 6.45) is 2.13. The minimum Gasteiger partial charge on any atom is -0.494 e. The van der Waals surface area contributed by atoms with Crippen molar-refractivity contribution in [3.63, 3.8) is 0 Å². The number of hydrogen-bond acceptors (Lipinski definition) is 4. The molecular weight excluding hydrogens is 422 g/mol. The molecule has 7 heteroatoms. The molecule has 28 heavy (non-hydrogen) atoms. The molecule has 0 aliphatic carbocycles. The Labute approximate surface area is 173 Å². The molecule has 0 radical (unpaired) electrons. The number of hydrogen-bond donors (Lipinski definition) is 2. The molecule has 1 amide bonds. The van der Waals surface area contributed by atoms with Crippen molar-refractivity contribution in [3.05, 3.63) is 58.6 Å². The minimum atomic E-state index is -0.239. The van der Waals surface area contributed by atoms with Crippen molar-refractivity contribution >= 4 is 33.5 Å². The lowest BCUT2D eigenvalue weighted by atomic mass is 10.2. The van der Waals surface area contributed by atoms with E-state index in [0.29, 0.717) is 24.7 Å². The second kappa shape index (κ2) is 10.2. The number of ether oxygens (including phenoxy) is 2. The summed E-state index contributed by atoms with van der Waals surface area (Å²) in [5.41, 5.74) is 1.36. The van der Waals surface area contributed by atoms with Gasteiger partial charge in [-0.05, 0) is 62.2 Å². The SMILES string of the molecule is CCOc1ccc(C(=O)NC(=NC[C@@H]2CCCO2)Nc2cccc(Br)c2)cc1. The number of benzene rings is 2. The van der Waals surface area contributed by atoms with Crippen molar-refractivity contribution in [1.82, 2.24) is 5.32 Å². The fourth-order valence-corrected chi connectivity index (χ4v) is 3.24. The van der Waals surface area contributed by atoms with Gasteiger partial charge in [-0.3, -0.25) is 10.1 Å². The highest BCUT2D eigenvalue weighted by molar-refractivity contribution is 9.10. The van der Waals surface area contributed by atoms with Gasteiger partial charge in [0, 0.05) is 22.3 Å². The molecule has 2 N–H and O–H groups in total. The average molecular weight is 446 g/mol. The zero-order valence-corrected chi connectivity index (χ0v) is 17.4. The van der Waals surface area contributed by atoms with Gasteiger partial charge in [0.1, 0.15) is 5.75 Å². The van der Waals surface area contributed by atoms with Crippen LogP contribution in [0, 0.1) is 0 Å². The van der Waals surface area contributed by atoms with Crippen LogP contribution in [0.15, 0.2) is 58.0 Å². The molecule has 1 fully saturated rings. The zero-order valence-electron chi connectivity index (χ0n) is 15.8. The van der Waals surface area contributed by atoms with Crippen LogP contribution in [0.2, 0.25) is 0 Å². The van der Waals surface area contributed by atoms with Crippen LogP contribution in [-0.2, 0) is 4.74 Å². The van der Waals surface area contributed by atoms with Crippen LogP contribution in [0.5, 0.6) is 5.75 Å². The van der Waals surface area contributed by atoms with E-state index in [4.69, 9.17) is 9.47 Å². The first-order chi connectivity index (χ1) is 13.6. The number of nitrogens with zero attached hydrogens (tertiary/aromatic N) is 1. The minimum absolute atomic E-state index is 0.0988. The number of carbonyl (C=O) groups excluding carboxylic acids is 1. The second-order valence-corrected chi connectivity index (χ2v) is 7.29. The van der Waals surface area contributed by atoms with Gasteiger partial charge >= 0.3 is 0 Å². The van der Waals surface area contributed by atoms with Gasteiger partial charge in [-0.15, -0.1) is 0 Å². The summed E-state index contributed by atoms with van der Waals surface area (Å²) in [6.45, 7) is 3.78. The smallest absolute Gasteiger partial charge is 0.257 e. The highest BCUT2D eigenvalue weighted by Crippen LogP contribution is 2.17. The zero-order chi connectivity index (χ0) is 19.8. The molecule has 0 saturated carbocycles. The molecule has 2 aromatic rings. The lowest BCUT2D eigenvalue weighted by molar-refractivity contribution is 0.0975. The molecule has 6 nitrogen and oxygen atoms in total. The maximum Gasteiger partial charge on any atom is 0.257 e. The van der Waals surface area contributed by atoms with Gasteiger partial charge in [-0.2, -0.15) is 0 Å². The van der Waals surface area contributed by atoms with Gasteiger partial charge in [0.15, 0.2) is 0 Å². The first-order valence-corrected chi connectivity index (χ1v) is 10.2. The fourth-order valence-electron chi connectivity index (χ4n) is 2.84. The topological polar surface area (TPSA) is 72.0 Å². The second-order valence-electron chi connectivity index (χ2n) is 6.37. The van der Waals surface area contributed by atoms with E-state index in [0.717, 1.165) is 35.4 Å². The highest BCUT2D eigenvalue weighted by Gasteiger charge is 2.16. The Balaban J connectivity index is 1.71. The third kappa shape index (κ3) is 6.07. The largest absolute Gasteiger partial charge is 0.494 e. The summed E-state index contributed by atoms with van der Waals surface area (Å²) in [5.74, 6) is 0.891. The molecular formula is C21H24BrN3O3. The Morgan fingerprint density at radius 3 is 2.79 bits per heavy atom. The molecule has 3 rings (SSSR count). The van der Waals surface area contributed by atoms with E-state index in [2.05, 4.69) is 31.6 Å². The maximum absolute atomic E-state index is 12.7. The fraction of sp³-hybridized carbons (Fsp3) is 0.333. The van der Waals surface area contributed by atoms with Crippen molar-refractivity contribution in [2.24, 2.45) is 4.99 Å². The maximum atomic E-state index is 12.7. The first kappa shape index (κ1) is 20.4. The van der Waals surface area contributed by atoms with Crippen LogP contribution in [0.4, 0.5) is 5.69 Å². The quantitative estimate of drug-likeness (QED) is 0.515. The summed E-state index contributed by atoms with van der Waals surface area (Å²) < 4.78 is 12.0. The predicted octanol–water partition coefficient (Wildman–Crippen LogP) is 4.22. The lowest BCUT2D eigenvalue weighted by Gasteiger charge is -2.14.